The van der Waals surface area contributed by atoms with Crippen LogP contribution in [0.25, 0.3) is 10.4 Å². The van der Waals surface area contributed by atoms with Gasteiger partial charge >= 0.3 is 80.3 Å². The molecule has 0 radical (unpaired) electrons. The first kappa shape index (κ1) is 15.2. The SMILES string of the molecule is [CH3][Ti]([CH3])([CH3])([CH3])([CH3])([CH3])([CH3])([CH3])([CH3])([CH3])([SiH3])[N]=[N+]=[N-]. The van der Waals surface area contributed by atoms with Gasteiger partial charge in [0, 0.05) is 0 Å². The van der Waals surface area contributed by atoms with Crippen LogP contribution in [-0.2, 0) is 5.84 Å². The first-order valence-corrected chi connectivity index (χ1v) is 28.1. The summed E-state index contributed by atoms with van der Waals surface area (Å²) in [7, 11) is 0.694. The molecule has 15 heavy (non-hydrogen) atoms. The van der Waals surface area contributed by atoms with Crippen molar-refractivity contribution in [1.82, 2.24) is 0 Å². The molecule has 0 rings (SSSR count). The Morgan fingerprint density at radius 1 is 0.800 bits per heavy atom. The predicted octanol–water partition coefficient (Wildman–Crippen LogP) is 5.41. The summed E-state index contributed by atoms with van der Waals surface area (Å²) in [6.07, 6.45) is 0. The van der Waals surface area contributed by atoms with E-state index in [0.29, 0.717) is 8.11 Å². The average Bonchev–Trinajstić information content (AvgIpc) is 1.11. The maximum atomic E-state index is 9.23. The van der Waals surface area contributed by atoms with E-state index in [0.717, 1.165) is 0 Å². The standard InChI is InChI=1S/10CH3.N3.H3Si.Ti/c;;;;;;;;;;1-3-2;;/h10*1H3;;1H3;/q;;;;;;;;;;-1;;+1. The number of hydrogen-bond donors (Lipinski definition) is 0. The van der Waals surface area contributed by atoms with Crippen molar-refractivity contribution in [2.75, 3.05) is 0 Å². The second-order valence-electron chi connectivity index (χ2n) is 30.1. The van der Waals surface area contributed by atoms with Crippen LogP contribution < -0.4 is 0 Å². The second kappa shape index (κ2) is 0.536. The number of nitrogens with zero attached hydrogens (tertiary/aromatic N) is 3. The number of hydrogen-bond acceptors (Lipinski definition) is 1. The zero-order valence-electron chi connectivity index (χ0n) is 12.8. The van der Waals surface area contributed by atoms with E-state index in [2.05, 4.69) is 60.8 Å². The number of azide groups is 1. The number of rotatable bonds is 1. The topological polar surface area (TPSA) is 48.8 Å². The maximum absolute atomic E-state index is 9.23. The molecule has 0 aliphatic heterocycles. The molecule has 0 unspecified atom stereocenters. The molecular formula is C10H33N3SiTi. The van der Waals surface area contributed by atoms with Gasteiger partial charge in [0.2, 0.25) is 0 Å². The van der Waals surface area contributed by atoms with Crippen LogP contribution in [-0.4, -0.2) is 8.11 Å². The molecule has 0 saturated carbocycles. The van der Waals surface area contributed by atoms with Crippen molar-refractivity contribution < 1.29 is 5.84 Å². The van der Waals surface area contributed by atoms with Gasteiger partial charge < -0.3 is 0 Å². The summed E-state index contributed by atoms with van der Waals surface area (Å²) in [5.74, 6) is -6.12. The van der Waals surface area contributed by atoms with Crippen molar-refractivity contribution in [3.05, 3.63) is 10.4 Å². The normalized spacial score (nSPS) is 41.7. The molecule has 0 aromatic rings. The van der Waals surface area contributed by atoms with Crippen LogP contribution in [0.2, 0.25) is 52.3 Å². The Hall–Kier alpha value is 0.241. The predicted molar refractivity (Wildman–Crippen MR) is 77.7 cm³/mol. The first-order chi connectivity index (χ1) is 4.59. The van der Waals surface area contributed by atoms with Gasteiger partial charge in [0.1, 0.15) is 0 Å². The minimum atomic E-state index is -6.12. The third-order valence-corrected chi connectivity index (χ3v) is 5.54. The average molecular weight is 271 g/mol. The summed E-state index contributed by atoms with van der Waals surface area (Å²) in [6, 6.07) is 0. The second-order valence-corrected chi connectivity index (χ2v) is 167. The molecule has 0 bridgehead atoms. The molecule has 0 aromatic carbocycles. The minimum absolute atomic E-state index is 0.694. The fraction of sp³-hybridized carbons (Fsp3) is 1.00. The van der Waals surface area contributed by atoms with Crippen LogP contribution >= 0.6 is 0 Å². The van der Waals surface area contributed by atoms with Crippen molar-refractivity contribution in [2.45, 2.75) is 52.3 Å². The van der Waals surface area contributed by atoms with Gasteiger partial charge in [-0.25, -0.2) is 0 Å². The van der Waals surface area contributed by atoms with Gasteiger partial charge in [-0.05, 0) is 0 Å². The third-order valence-electron chi connectivity index (χ3n) is 1.14. The molecule has 0 atom stereocenters. The molecule has 0 saturated heterocycles. The van der Waals surface area contributed by atoms with Crippen LogP contribution in [0.3, 0.4) is 0 Å². The Morgan fingerprint density at radius 3 is 1.00 bits per heavy atom. The van der Waals surface area contributed by atoms with Gasteiger partial charge in [-0.3, -0.25) is 0 Å². The zero-order chi connectivity index (χ0) is 13.7. The summed E-state index contributed by atoms with van der Waals surface area (Å²) in [5, 5.41) is 21.9. The van der Waals surface area contributed by atoms with Crippen LogP contribution in [0.4, 0.5) is 0 Å². The van der Waals surface area contributed by atoms with Gasteiger partial charge in [-0.2, -0.15) is 0 Å². The summed E-state index contributed by atoms with van der Waals surface area (Å²) in [5.41, 5.74) is 9.23. The summed E-state index contributed by atoms with van der Waals surface area (Å²) >= 11 is 0. The third kappa shape index (κ3) is 14.2. The van der Waals surface area contributed by atoms with E-state index in [-0.39, 0.29) is 0 Å². The molecule has 0 amide bonds. The Bertz CT molecular complexity index is 574. The van der Waals surface area contributed by atoms with Crippen molar-refractivity contribution in [1.29, 1.82) is 0 Å². The molecule has 0 spiro atoms. The van der Waals surface area contributed by atoms with Gasteiger partial charge in [0.15, 0.2) is 0 Å². The molecule has 5 heteroatoms. The molecule has 0 aromatic heterocycles. The molecule has 0 N–H and O–H groups in total. The van der Waals surface area contributed by atoms with Crippen LogP contribution in [0, 0.1) is 0 Å². The van der Waals surface area contributed by atoms with Crippen LogP contribution in [0.15, 0.2) is 3.60 Å². The fourth-order valence-electron chi connectivity index (χ4n) is 0.492. The van der Waals surface area contributed by atoms with Crippen LogP contribution in [0.5, 0.6) is 0 Å². The van der Waals surface area contributed by atoms with E-state index in [4.69, 9.17) is 0 Å². The summed E-state index contributed by atoms with van der Waals surface area (Å²) < 4.78 is 4.66. The Labute approximate surface area is 80.1 Å². The van der Waals surface area contributed by atoms with Crippen molar-refractivity contribution >= 4 is 8.11 Å². The quantitative estimate of drug-likeness (QED) is 0.265. The Kier molecular flexibility index (Phi) is 0.545. The van der Waals surface area contributed by atoms with E-state index < -0.39 is 5.84 Å². The molecule has 0 aliphatic rings. The Balaban J connectivity index is 8.99. The van der Waals surface area contributed by atoms with Crippen molar-refractivity contribution in [2.24, 2.45) is 3.60 Å². The van der Waals surface area contributed by atoms with Crippen LogP contribution in [0.1, 0.15) is 0 Å². The van der Waals surface area contributed by atoms with E-state index >= 15 is 0 Å². The van der Waals surface area contributed by atoms with Gasteiger partial charge in [0.25, 0.3) is 0 Å². The first-order valence-electron chi connectivity index (χ1n) is 6.12. The van der Waals surface area contributed by atoms with E-state index in [9.17, 15) is 5.53 Å². The van der Waals surface area contributed by atoms with Gasteiger partial charge in [-0.15, -0.1) is 0 Å². The molecule has 96 valence electrons. The van der Waals surface area contributed by atoms with Gasteiger partial charge in [-0.1, -0.05) is 0 Å². The molecule has 3 nitrogen and oxygen atoms in total. The van der Waals surface area contributed by atoms with Crippen molar-refractivity contribution in [3.63, 3.8) is 0 Å². The fourth-order valence-corrected chi connectivity index (χ4v) is 2.40. The van der Waals surface area contributed by atoms with Gasteiger partial charge in [0.05, 0.1) is 0 Å². The molecule has 0 aliphatic carbocycles. The Morgan fingerprint density at radius 2 is 1.00 bits per heavy atom. The molecule has 0 fully saturated rings. The monoisotopic (exact) mass is 271 g/mol. The van der Waals surface area contributed by atoms with Crippen molar-refractivity contribution in [3.8, 4) is 0 Å². The van der Waals surface area contributed by atoms with E-state index in [1.54, 1.807) is 0 Å². The van der Waals surface area contributed by atoms with E-state index in [1.807, 2.05) is 0 Å². The zero-order valence-corrected chi connectivity index (χ0v) is 16.4. The molecule has 0 heterocycles. The van der Waals surface area contributed by atoms with E-state index in [1.165, 1.54) is 0 Å². The summed E-state index contributed by atoms with van der Waals surface area (Å²) in [4.78, 5) is 3.29. The summed E-state index contributed by atoms with van der Waals surface area (Å²) in [6.45, 7) is 0. The molecular weight excluding hydrogens is 238 g/mol.